The summed E-state index contributed by atoms with van der Waals surface area (Å²) in [5, 5.41) is 7.93. The number of fused-ring (bicyclic) bond motifs is 1. The molecule has 1 aliphatic rings. The van der Waals surface area contributed by atoms with E-state index in [9.17, 15) is 9.18 Å². The molecule has 0 bridgehead atoms. The molecule has 5 nitrogen and oxygen atoms in total. The van der Waals surface area contributed by atoms with Gasteiger partial charge in [-0.1, -0.05) is 17.7 Å². The largest absolute Gasteiger partial charge is 0.461 e. The van der Waals surface area contributed by atoms with Crippen LogP contribution in [-0.2, 0) is 24.2 Å². The topological polar surface area (TPSA) is 56.1 Å². The van der Waals surface area contributed by atoms with Gasteiger partial charge in [0.2, 0.25) is 0 Å². The average Bonchev–Trinajstić information content (AvgIpc) is 2.90. The maximum Gasteiger partial charge on any atom is 0.359 e. The van der Waals surface area contributed by atoms with E-state index in [2.05, 4.69) is 10.4 Å². The number of esters is 1. The van der Waals surface area contributed by atoms with E-state index in [1.807, 2.05) is 0 Å². The van der Waals surface area contributed by atoms with Crippen LogP contribution >= 0.6 is 11.6 Å². The van der Waals surface area contributed by atoms with Gasteiger partial charge in [0.15, 0.2) is 5.69 Å². The van der Waals surface area contributed by atoms with Crippen LogP contribution in [0.5, 0.6) is 0 Å². The van der Waals surface area contributed by atoms with Crippen LogP contribution < -0.4 is 5.32 Å². The van der Waals surface area contributed by atoms with Gasteiger partial charge in [0.05, 0.1) is 13.2 Å². The summed E-state index contributed by atoms with van der Waals surface area (Å²) in [6, 6.07) is 4.57. The Morgan fingerprint density at radius 1 is 1.52 bits per heavy atom. The van der Waals surface area contributed by atoms with Gasteiger partial charge in [-0.25, -0.2) is 9.18 Å². The molecule has 0 saturated carbocycles. The average molecular weight is 338 g/mol. The predicted molar refractivity (Wildman–Crippen MR) is 84.1 cm³/mol. The van der Waals surface area contributed by atoms with Crippen LogP contribution in [0.15, 0.2) is 18.2 Å². The van der Waals surface area contributed by atoms with Gasteiger partial charge in [-0.3, -0.25) is 4.68 Å². The first-order chi connectivity index (χ1) is 11.1. The molecule has 0 spiro atoms. The van der Waals surface area contributed by atoms with Crippen molar-refractivity contribution in [1.82, 2.24) is 15.1 Å². The van der Waals surface area contributed by atoms with Crippen LogP contribution in [0.4, 0.5) is 4.39 Å². The molecule has 7 heteroatoms. The molecule has 0 atom stereocenters. The van der Waals surface area contributed by atoms with Gasteiger partial charge in [0.25, 0.3) is 0 Å². The van der Waals surface area contributed by atoms with Crippen LogP contribution in [-0.4, -0.2) is 28.9 Å². The van der Waals surface area contributed by atoms with Crippen molar-refractivity contribution in [2.75, 3.05) is 13.2 Å². The third kappa shape index (κ3) is 3.09. The minimum absolute atomic E-state index is 0.188. The lowest BCUT2D eigenvalue weighted by molar-refractivity contribution is 0.0517. The monoisotopic (exact) mass is 337 g/mol. The number of nitrogens with one attached hydrogen (secondary N) is 1. The molecular weight excluding hydrogens is 321 g/mol. The molecule has 2 aromatic rings. The van der Waals surface area contributed by atoms with E-state index in [0.29, 0.717) is 29.2 Å². The maximum absolute atomic E-state index is 14.0. The molecule has 0 aliphatic carbocycles. The summed E-state index contributed by atoms with van der Waals surface area (Å²) in [5.41, 5.74) is 2.41. The zero-order chi connectivity index (χ0) is 16.4. The van der Waals surface area contributed by atoms with Crippen molar-refractivity contribution in [2.24, 2.45) is 0 Å². The number of ether oxygens (including phenoxy) is 1. The Morgan fingerprint density at radius 3 is 3.09 bits per heavy atom. The van der Waals surface area contributed by atoms with E-state index in [1.54, 1.807) is 23.7 Å². The van der Waals surface area contributed by atoms with Gasteiger partial charge in [-0.05, 0) is 19.1 Å². The molecule has 23 heavy (non-hydrogen) atoms. The van der Waals surface area contributed by atoms with Crippen LogP contribution in [0.25, 0.3) is 0 Å². The standard InChI is InChI=1S/C16H17ClFN3O2/c1-2-23-16(22)15-10-8-19-7-6-14(10)21(20-15)9-11-12(17)4-3-5-13(11)18/h3-5,19H,2,6-9H2,1H3. The fraction of sp³-hybridized carbons (Fsp3) is 0.375. The highest BCUT2D eigenvalue weighted by Gasteiger charge is 2.26. The maximum atomic E-state index is 14.0. The van der Waals surface area contributed by atoms with Crippen LogP contribution in [0.1, 0.15) is 34.2 Å². The molecule has 0 fully saturated rings. The minimum Gasteiger partial charge on any atom is -0.461 e. The predicted octanol–water partition coefficient (Wildman–Crippen LogP) is 2.55. The van der Waals surface area contributed by atoms with E-state index in [-0.39, 0.29) is 19.0 Å². The molecule has 3 rings (SSSR count). The minimum atomic E-state index is -0.453. The number of hydrogen-bond acceptors (Lipinski definition) is 4. The molecule has 1 N–H and O–H groups in total. The number of nitrogens with zero attached hydrogens (tertiary/aromatic N) is 2. The molecule has 0 saturated heterocycles. The molecular formula is C16H17ClFN3O2. The second-order valence-corrected chi connectivity index (χ2v) is 5.69. The quantitative estimate of drug-likeness (QED) is 0.871. The van der Waals surface area contributed by atoms with Crippen LogP contribution in [0.3, 0.4) is 0 Å². The number of rotatable bonds is 4. The number of carbonyl (C=O) groups is 1. The molecule has 1 aromatic heterocycles. The Hall–Kier alpha value is -1.92. The second-order valence-electron chi connectivity index (χ2n) is 5.28. The number of aromatic nitrogens is 2. The van der Waals surface area contributed by atoms with Crippen molar-refractivity contribution < 1.29 is 13.9 Å². The van der Waals surface area contributed by atoms with E-state index < -0.39 is 5.97 Å². The fourth-order valence-corrected chi connectivity index (χ4v) is 2.97. The van der Waals surface area contributed by atoms with Gasteiger partial charge in [-0.2, -0.15) is 5.10 Å². The van der Waals surface area contributed by atoms with Crippen molar-refractivity contribution in [1.29, 1.82) is 0 Å². The van der Waals surface area contributed by atoms with Gasteiger partial charge in [0, 0.05) is 41.4 Å². The van der Waals surface area contributed by atoms with E-state index in [1.165, 1.54) is 6.07 Å². The number of halogens is 2. The summed E-state index contributed by atoms with van der Waals surface area (Å²) in [6.07, 6.45) is 0.716. The Morgan fingerprint density at radius 2 is 2.35 bits per heavy atom. The first-order valence-electron chi connectivity index (χ1n) is 7.51. The Labute approximate surface area is 138 Å². The van der Waals surface area contributed by atoms with Crippen molar-refractivity contribution in [3.63, 3.8) is 0 Å². The Balaban J connectivity index is 2.01. The Kier molecular flexibility index (Phi) is 4.63. The first kappa shape index (κ1) is 16.0. The molecule has 0 amide bonds. The molecule has 122 valence electrons. The molecule has 0 radical (unpaired) electrons. The zero-order valence-electron chi connectivity index (χ0n) is 12.7. The summed E-state index contributed by atoms with van der Waals surface area (Å²) >= 11 is 6.10. The van der Waals surface area contributed by atoms with E-state index in [4.69, 9.17) is 16.3 Å². The van der Waals surface area contributed by atoms with E-state index in [0.717, 1.165) is 17.8 Å². The number of carbonyl (C=O) groups excluding carboxylic acids is 1. The van der Waals surface area contributed by atoms with Crippen molar-refractivity contribution >= 4 is 17.6 Å². The van der Waals surface area contributed by atoms with Crippen molar-refractivity contribution in [2.45, 2.75) is 26.4 Å². The second kappa shape index (κ2) is 6.68. The highest BCUT2D eigenvalue weighted by Crippen LogP contribution is 2.24. The third-order valence-electron chi connectivity index (χ3n) is 3.85. The summed E-state index contributed by atoms with van der Waals surface area (Å²) in [7, 11) is 0. The zero-order valence-corrected chi connectivity index (χ0v) is 13.5. The summed E-state index contributed by atoms with van der Waals surface area (Å²) in [6.45, 7) is 3.56. The summed E-state index contributed by atoms with van der Waals surface area (Å²) in [4.78, 5) is 12.1. The van der Waals surface area contributed by atoms with Gasteiger partial charge in [-0.15, -0.1) is 0 Å². The van der Waals surface area contributed by atoms with Gasteiger partial charge in [0.1, 0.15) is 5.82 Å². The SMILES string of the molecule is CCOC(=O)c1nn(Cc2c(F)cccc2Cl)c2c1CNCC2. The molecule has 1 aliphatic heterocycles. The Bertz CT molecular complexity index is 725. The first-order valence-corrected chi connectivity index (χ1v) is 7.89. The number of hydrogen-bond donors (Lipinski definition) is 1. The molecule has 0 unspecified atom stereocenters. The number of benzene rings is 1. The molecule has 2 heterocycles. The van der Waals surface area contributed by atoms with Gasteiger partial charge >= 0.3 is 5.97 Å². The smallest absolute Gasteiger partial charge is 0.359 e. The fourth-order valence-electron chi connectivity index (χ4n) is 2.75. The van der Waals surface area contributed by atoms with Crippen molar-refractivity contribution in [3.05, 3.63) is 51.6 Å². The lowest BCUT2D eigenvalue weighted by atomic mass is 10.1. The third-order valence-corrected chi connectivity index (χ3v) is 4.20. The van der Waals surface area contributed by atoms with E-state index >= 15 is 0 Å². The summed E-state index contributed by atoms with van der Waals surface area (Å²) in [5.74, 6) is -0.834. The summed E-state index contributed by atoms with van der Waals surface area (Å²) < 4.78 is 20.7. The molecule has 1 aromatic carbocycles. The van der Waals surface area contributed by atoms with Crippen LogP contribution in [0.2, 0.25) is 5.02 Å². The van der Waals surface area contributed by atoms with Gasteiger partial charge < -0.3 is 10.1 Å². The van der Waals surface area contributed by atoms with Crippen molar-refractivity contribution in [3.8, 4) is 0 Å². The lowest BCUT2D eigenvalue weighted by Crippen LogP contribution is -2.26. The van der Waals surface area contributed by atoms with Crippen LogP contribution in [0, 0.1) is 5.82 Å². The normalized spacial score (nSPS) is 13.7. The highest BCUT2D eigenvalue weighted by molar-refractivity contribution is 6.31. The highest BCUT2D eigenvalue weighted by atomic mass is 35.5. The lowest BCUT2D eigenvalue weighted by Gasteiger charge is -2.16.